The number of nitrogens with zero attached hydrogens (tertiary/aromatic N) is 3. The first-order valence-corrected chi connectivity index (χ1v) is 9.98. The molecule has 1 fully saturated rings. The fraction of sp³-hybridized carbons (Fsp3) is 0.409. The number of carbonyl (C=O) groups excluding carboxylic acids is 1. The zero-order valence-electron chi connectivity index (χ0n) is 17.5. The number of likely N-dealkylation sites (tertiary alicyclic amines) is 1. The topological polar surface area (TPSA) is 90.8 Å². The zero-order chi connectivity index (χ0) is 21.3. The van der Waals surface area contributed by atoms with Crippen LogP contribution in [0.2, 0.25) is 0 Å². The van der Waals surface area contributed by atoms with Gasteiger partial charge in [-0.1, -0.05) is 24.2 Å². The third-order valence-electron chi connectivity index (χ3n) is 5.37. The summed E-state index contributed by atoms with van der Waals surface area (Å²) in [5, 5.41) is 8.21. The Morgan fingerprint density at radius 1 is 1.10 bits per heavy atom. The predicted molar refractivity (Wildman–Crippen MR) is 109 cm³/mol. The molecule has 30 heavy (non-hydrogen) atoms. The van der Waals surface area contributed by atoms with Gasteiger partial charge in [-0.15, -0.1) is 0 Å². The molecule has 1 aromatic carbocycles. The Balaban J connectivity index is 1.56. The minimum absolute atomic E-state index is 0.116. The van der Waals surface area contributed by atoms with Gasteiger partial charge >= 0.3 is 0 Å². The van der Waals surface area contributed by atoms with Crippen molar-refractivity contribution in [3.05, 3.63) is 47.5 Å². The maximum atomic E-state index is 13.1. The molecule has 3 heterocycles. The average Bonchev–Trinajstić information content (AvgIpc) is 3.52. The average molecular weight is 411 g/mol. The molecular formula is C22H25N3O5. The lowest BCUT2D eigenvalue weighted by molar-refractivity contribution is 0.0720. The van der Waals surface area contributed by atoms with Crippen molar-refractivity contribution in [2.24, 2.45) is 0 Å². The molecule has 0 radical (unpaired) electrons. The highest BCUT2D eigenvalue weighted by Crippen LogP contribution is 2.35. The Hall–Kier alpha value is -3.29. The van der Waals surface area contributed by atoms with Gasteiger partial charge in [0.1, 0.15) is 11.5 Å². The minimum Gasteiger partial charge on any atom is -0.493 e. The number of hydrogen-bond donors (Lipinski definition) is 0. The third-order valence-corrected chi connectivity index (χ3v) is 5.37. The van der Waals surface area contributed by atoms with Crippen molar-refractivity contribution in [2.45, 2.75) is 38.6 Å². The van der Waals surface area contributed by atoms with Crippen molar-refractivity contribution in [1.82, 2.24) is 15.2 Å². The van der Waals surface area contributed by atoms with Crippen LogP contribution in [0, 0.1) is 0 Å². The van der Waals surface area contributed by atoms with Gasteiger partial charge in [0.15, 0.2) is 23.0 Å². The zero-order valence-corrected chi connectivity index (χ0v) is 17.5. The summed E-state index contributed by atoms with van der Waals surface area (Å²) < 4.78 is 21.5. The number of hydrogen-bond acceptors (Lipinski definition) is 7. The predicted octanol–water partition coefficient (Wildman–Crippen LogP) is 4.45. The molecule has 0 aliphatic carbocycles. The summed E-state index contributed by atoms with van der Waals surface area (Å²) in [6.07, 6.45) is 1.75. The molecule has 1 atom stereocenters. The molecule has 0 unspecified atom stereocenters. The molecular weight excluding hydrogens is 386 g/mol. The second-order valence-corrected chi connectivity index (χ2v) is 7.61. The van der Waals surface area contributed by atoms with E-state index in [1.165, 1.54) is 0 Å². The first-order valence-electron chi connectivity index (χ1n) is 9.98. The van der Waals surface area contributed by atoms with Crippen LogP contribution in [0.4, 0.5) is 0 Å². The van der Waals surface area contributed by atoms with Crippen LogP contribution in [0.3, 0.4) is 0 Å². The maximum Gasteiger partial charge on any atom is 0.276 e. The molecule has 1 aliphatic rings. The first kappa shape index (κ1) is 20.0. The monoisotopic (exact) mass is 411 g/mol. The van der Waals surface area contributed by atoms with Crippen LogP contribution < -0.4 is 9.47 Å². The van der Waals surface area contributed by atoms with Crippen LogP contribution in [-0.4, -0.2) is 41.9 Å². The SMILES string of the molecule is COc1ccc(-c2cc(C(=O)N3CCC[C@@H]3c3cc(C(C)C)on3)no2)cc1OC. The van der Waals surface area contributed by atoms with E-state index in [2.05, 4.69) is 10.3 Å². The maximum absolute atomic E-state index is 13.1. The second kappa shape index (κ2) is 8.22. The fourth-order valence-corrected chi connectivity index (χ4v) is 3.70. The summed E-state index contributed by atoms with van der Waals surface area (Å²) in [5.41, 5.74) is 1.79. The van der Waals surface area contributed by atoms with Crippen LogP contribution >= 0.6 is 0 Å². The molecule has 0 bridgehead atoms. The van der Waals surface area contributed by atoms with Crippen LogP contribution in [0.25, 0.3) is 11.3 Å². The lowest BCUT2D eigenvalue weighted by atomic mass is 10.1. The van der Waals surface area contributed by atoms with Crippen LogP contribution in [0.1, 0.15) is 60.6 Å². The summed E-state index contributed by atoms with van der Waals surface area (Å²) in [6.45, 7) is 4.74. The Bertz CT molecular complexity index is 1040. The lowest BCUT2D eigenvalue weighted by Crippen LogP contribution is -2.30. The molecule has 0 spiro atoms. The van der Waals surface area contributed by atoms with Gasteiger partial charge < -0.3 is 23.4 Å². The fourth-order valence-electron chi connectivity index (χ4n) is 3.70. The van der Waals surface area contributed by atoms with E-state index in [0.717, 1.165) is 29.9 Å². The van der Waals surface area contributed by atoms with Crippen molar-refractivity contribution < 1.29 is 23.3 Å². The molecule has 8 heteroatoms. The van der Waals surface area contributed by atoms with E-state index in [9.17, 15) is 4.79 Å². The molecule has 3 aromatic rings. The highest BCUT2D eigenvalue weighted by Gasteiger charge is 2.34. The number of aromatic nitrogens is 2. The van der Waals surface area contributed by atoms with Gasteiger partial charge in [0.2, 0.25) is 0 Å². The van der Waals surface area contributed by atoms with Crippen LogP contribution in [0.15, 0.2) is 39.4 Å². The van der Waals surface area contributed by atoms with Crippen molar-refractivity contribution in [1.29, 1.82) is 0 Å². The van der Waals surface area contributed by atoms with Gasteiger partial charge in [-0.3, -0.25) is 4.79 Å². The van der Waals surface area contributed by atoms with Crippen molar-refractivity contribution >= 4 is 5.91 Å². The molecule has 0 saturated carbocycles. The van der Waals surface area contributed by atoms with Gasteiger partial charge in [-0.05, 0) is 31.0 Å². The van der Waals surface area contributed by atoms with E-state index in [0.29, 0.717) is 23.8 Å². The highest BCUT2D eigenvalue weighted by molar-refractivity contribution is 5.93. The number of ether oxygens (including phenoxy) is 2. The largest absolute Gasteiger partial charge is 0.493 e. The summed E-state index contributed by atoms with van der Waals surface area (Å²) in [4.78, 5) is 14.9. The van der Waals surface area contributed by atoms with E-state index in [4.69, 9.17) is 18.5 Å². The van der Waals surface area contributed by atoms with Gasteiger partial charge in [0.25, 0.3) is 5.91 Å². The Morgan fingerprint density at radius 2 is 1.90 bits per heavy atom. The summed E-state index contributed by atoms with van der Waals surface area (Å²) in [6, 6.07) is 8.88. The Labute approximate surface area is 174 Å². The third kappa shape index (κ3) is 3.65. The van der Waals surface area contributed by atoms with Crippen LogP contribution in [-0.2, 0) is 0 Å². The summed E-state index contributed by atoms with van der Waals surface area (Å²) >= 11 is 0. The van der Waals surface area contributed by atoms with Crippen molar-refractivity contribution in [3.8, 4) is 22.8 Å². The Morgan fingerprint density at radius 3 is 2.60 bits per heavy atom. The number of methoxy groups -OCH3 is 2. The van der Waals surface area contributed by atoms with E-state index >= 15 is 0 Å². The summed E-state index contributed by atoms with van der Waals surface area (Å²) in [7, 11) is 3.15. The van der Waals surface area contributed by atoms with Crippen LogP contribution in [0.5, 0.6) is 11.5 Å². The van der Waals surface area contributed by atoms with E-state index < -0.39 is 0 Å². The number of rotatable bonds is 6. The smallest absolute Gasteiger partial charge is 0.276 e. The molecule has 1 amide bonds. The molecule has 4 rings (SSSR count). The number of amides is 1. The quantitative estimate of drug-likeness (QED) is 0.592. The lowest BCUT2D eigenvalue weighted by Gasteiger charge is -2.21. The van der Waals surface area contributed by atoms with Gasteiger partial charge in [0.05, 0.1) is 20.3 Å². The molecule has 158 valence electrons. The van der Waals surface area contributed by atoms with Gasteiger partial charge in [0, 0.05) is 30.2 Å². The second-order valence-electron chi connectivity index (χ2n) is 7.61. The number of benzene rings is 1. The van der Waals surface area contributed by atoms with Gasteiger partial charge in [-0.2, -0.15) is 0 Å². The van der Waals surface area contributed by atoms with Crippen molar-refractivity contribution in [2.75, 3.05) is 20.8 Å². The number of carbonyl (C=O) groups is 1. The highest BCUT2D eigenvalue weighted by atomic mass is 16.5. The van der Waals surface area contributed by atoms with Crippen molar-refractivity contribution in [3.63, 3.8) is 0 Å². The van der Waals surface area contributed by atoms with Gasteiger partial charge in [-0.25, -0.2) is 0 Å². The normalized spacial score (nSPS) is 16.3. The Kier molecular flexibility index (Phi) is 5.48. The molecule has 1 aliphatic heterocycles. The summed E-state index contributed by atoms with van der Waals surface area (Å²) in [5.74, 6) is 2.56. The molecule has 8 nitrogen and oxygen atoms in total. The van der Waals surface area contributed by atoms with E-state index in [1.54, 1.807) is 37.3 Å². The minimum atomic E-state index is -0.179. The van der Waals surface area contributed by atoms with E-state index in [-0.39, 0.29) is 23.6 Å². The molecule has 0 N–H and O–H groups in total. The van der Waals surface area contributed by atoms with E-state index in [1.807, 2.05) is 26.0 Å². The molecule has 2 aromatic heterocycles. The standard InChI is InChI=1S/C22H25N3O5/c1-13(2)19-11-15(23-29-19)17-6-5-9-25(17)22(26)16-12-20(30-24-16)14-7-8-18(27-3)21(10-14)28-4/h7-8,10-13,17H,5-6,9H2,1-4H3/t17-/m1/s1. The molecule has 1 saturated heterocycles. The first-order chi connectivity index (χ1) is 14.5.